The summed E-state index contributed by atoms with van der Waals surface area (Å²) in [6.45, 7) is 8.03. The van der Waals surface area contributed by atoms with Crippen LogP contribution in [-0.2, 0) is 19.0 Å². The Kier molecular flexibility index (Phi) is 8.57. The SMILES string of the molecule is CCOC(=O)COCCOCC(C)C. The molecular formula is C10H20O4. The average Bonchev–Trinajstić information content (AvgIpc) is 2.11. The molecule has 0 bridgehead atoms. The van der Waals surface area contributed by atoms with Crippen LogP contribution in [0.4, 0.5) is 0 Å². The fourth-order valence-electron chi connectivity index (χ4n) is 0.795. The van der Waals surface area contributed by atoms with Gasteiger partial charge in [0.15, 0.2) is 0 Å². The second-order valence-corrected chi connectivity index (χ2v) is 3.33. The fraction of sp³-hybridized carbons (Fsp3) is 0.900. The van der Waals surface area contributed by atoms with Crippen molar-refractivity contribution >= 4 is 5.97 Å². The summed E-state index contributed by atoms with van der Waals surface area (Å²) in [5, 5.41) is 0. The van der Waals surface area contributed by atoms with Crippen molar-refractivity contribution in [3.8, 4) is 0 Å². The van der Waals surface area contributed by atoms with E-state index in [1.54, 1.807) is 6.92 Å². The van der Waals surface area contributed by atoms with Crippen molar-refractivity contribution in [2.45, 2.75) is 20.8 Å². The van der Waals surface area contributed by atoms with Crippen LogP contribution < -0.4 is 0 Å². The van der Waals surface area contributed by atoms with Crippen molar-refractivity contribution in [2.24, 2.45) is 5.92 Å². The van der Waals surface area contributed by atoms with Gasteiger partial charge in [0.05, 0.1) is 19.8 Å². The maximum atomic E-state index is 10.8. The highest BCUT2D eigenvalue weighted by atomic mass is 16.6. The first-order chi connectivity index (χ1) is 6.66. The summed E-state index contributed by atoms with van der Waals surface area (Å²) in [4.78, 5) is 10.8. The Morgan fingerprint density at radius 2 is 1.86 bits per heavy atom. The molecule has 0 aromatic rings. The summed E-state index contributed by atoms with van der Waals surface area (Å²) >= 11 is 0. The molecule has 0 aliphatic heterocycles. The van der Waals surface area contributed by atoms with Crippen molar-refractivity contribution in [3.05, 3.63) is 0 Å². The smallest absolute Gasteiger partial charge is 0.332 e. The number of hydrogen-bond acceptors (Lipinski definition) is 4. The molecule has 0 amide bonds. The van der Waals surface area contributed by atoms with Gasteiger partial charge < -0.3 is 14.2 Å². The second kappa shape index (κ2) is 8.97. The van der Waals surface area contributed by atoms with E-state index in [-0.39, 0.29) is 12.6 Å². The lowest BCUT2D eigenvalue weighted by atomic mass is 10.2. The molecule has 0 aromatic carbocycles. The zero-order valence-corrected chi connectivity index (χ0v) is 9.25. The predicted molar refractivity (Wildman–Crippen MR) is 53.1 cm³/mol. The van der Waals surface area contributed by atoms with Crippen LogP contribution in [-0.4, -0.2) is 39.0 Å². The Morgan fingerprint density at radius 3 is 2.43 bits per heavy atom. The van der Waals surface area contributed by atoms with Crippen LogP contribution in [0.2, 0.25) is 0 Å². The predicted octanol–water partition coefficient (Wildman–Crippen LogP) is 1.24. The van der Waals surface area contributed by atoms with Crippen molar-refractivity contribution in [2.75, 3.05) is 33.0 Å². The van der Waals surface area contributed by atoms with Crippen molar-refractivity contribution in [1.82, 2.24) is 0 Å². The largest absolute Gasteiger partial charge is 0.464 e. The Hall–Kier alpha value is -0.610. The molecule has 14 heavy (non-hydrogen) atoms. The van der Waals surface area contributed by atoms with Gasteiger partial charge in [-0.25, -0.2) is 4.79 Å². The summed E-state index contributed by atoms with van der Waals surface area (Å²) in [6.07, 6.45) is 0. The molecule has 0 rings (SSSR count). The number of rotatable bonds is 8. The second-order valence-electron chi connectivity index (χ2n) is 3.33. The first-order valence-electron chi connectivity index (χ1n) is 4.98. The summed E-state index contributed by atoms with van der Waals surface area (Å²) in [7, 11) is 0. The average molecular weight is 204 g/mol. The minimum absolute atomic E-state index is 0.0128. The Morgan fingerprint density at radius 1 is 1.21 bits per heavy atom. The van der Waals surface area contributed by atoms with Gasteiger partial charge in [-0.1, -0.05) is 13.8 Å². The lowest BCUT2D eigenvalue weighted by molar-refractivity contribution is -0.148. The van der Waals surface area contributed by atoms with Crippen molar-refractivity contribution < 1.29 is 19.0 Å². The molecule has 0 aromatic heterocycles. The molecule has 0 heterocycles. The molecular weight excluding hydrogens is 184 g/mol. The minimum Gasteiger partial charge on any atom is -0.464 e. The highest BCUT2D eigenvalue weighted by Gasteiger charge is 2.00. The van der Waals surface area contributed by atoms with E-state index in [9.17, 15) is 4.79 Å². The van der Waals surface area contributed by atoms with Crippen LogP contribution in [0.15, 0.2) is 0 Å². The van der Waals surface area contributed by atoms with E-state index in [1.807, 2.05) is 0 Å². The minimum atomic E-state index is -0.323. The van der Waals surface area contributed by atoms with Crippen LogP contribution in [0.3, 0.4) is 0 Å². The van der Waals surface area contributed by atoms with Gasteiger partial charge >= 0.3 is 5.97 Å². The van der Waals surface area contributed by atoms with Gasteiger partial charge in [0.2, 0.25) is 0 Å². The Labute approximate surface area is 85.5 Å². The van der Waals surface area contributed by atoms with Gasteiger partial charge in [0.25, 0.3) is 0 Å². The highest BCUT2D eigenvalue weighted by molar-refractivity contribution is 5.70. The van der Waals surface area contributed by atoms with Gasteiger partial charge in [-0.2, -0.15) is 0 Å². The molecule has 4 nitrogen and oxygen atoms in total. The Bertz CT molecular complexity index is 145. The van der Waals surface area contributed by atoms with Crippen LogP contribution in [0.25, 0.3) is 0 Å². The van der Waals surface area contributed by atoms with E-state index in [0.29, 0.717) is 25.7 Å². The molecule has 0 saturated heterocycles. The molecule has 0 N–H and O–H groups in total. The third kappa shape index (κ3) is 9.48. The standard InChI is InChI=1S/C10H20O4/c1-4-14-10(11)8-13-6-5-12-7-9(2)3/h9H,4-8H2,1-3H3. The number of esters is 1. The maximum absolute atomic E-state index is 10.8. The van der Waals surface area contributed by atoms with E-state index < -0.39 is 0 Å². The molecule has 4 heteroatoms. The van der Waals surface area contributed by atoms with Gasteiger partial charge in [-0.3, -0.25) is 0 Å². The maximum Gasteiger partial charge on any atom is 0.332 e. The zero-order chi connectivity index (χ0) is 10.8. The van der Waals surface area contributed by atoms with Gasteiger partial charge in [0.1, 0.15) is 6.61 Å². The summed E-state index contributed by atoms with van der Waals surface area (Å²) in [6, 6.07) is 0. The molecule has 0 spiro atoms. The normalized spacial score (nSPS) is 10.6. The lowest BCUT2D eigenvalue weighted by Crippen LogP contribution is -2.15. The molecule has 84 valence electrons. The molecule has 0 aliphatic rings. The number of hydrogen-bond donors (Lipinski definition) is 0. The first-order valence-corrected chi connectivity index (χ1v) is 4.98. The monoisotopic (exact) mass is 204 g/mol. The van der Waals surface area contributed by atoms with Crippen LogP contribution in [0, 0.1) is 5.92 Å². The summed E-state index contributed by atoms with van der Waals surface area (Å²) in [5.74, 6) is 0.205. The summed E-state index contributed by atoms with van der Waals surface area (Å²) in [5.41, 5.74) is 0. The van der Waals surface area contributed by atoms with Crippen LogP contribution >= 0.6 is 0 Å². The van der Waals surface area contributed by atoms with E-state index in [1.165, 1.54) is 0 Å². The topological polar surface area (TPSA) is 44.8 Å². The van der Waals surface area contributed by atoms with Gasteiger partial charge in [-0.15, -0.1) is 0 Å². The highest BCUT2D eigenvalue weighted by Crippen LogP contribution is 1.91. The number of carbonyl (C=O) groups excluding carboxylic acids is 1. The van der Waals surface area contributed by atoms with Crippen LogP contribution in [0.5, 0.6) is 0 Å². The third-order valence-electron chi connectivity index (χ3n) is 1.35. The van der Waals surface area contributed by atoms with E-state index in [2.05, 4.69) is 18.6 Å². The van der Waals surface area contributed by atoms with Gasteiger partial charge in [-0.05, 0) is 12.8 Å². The van der Waals surface area contributed by atoms with Gasteiger partial charge in [0, 0.05) is 6.61 Å². The Balaban J connectivity index is 3.09. The van der Waals surface area contributed by atoms with E-state index >= 15 is 0 Å². The molecule has 0 aliphatic carbocycles. The molecule has 0 fully saturated rings. The molecule has 0 radical (unpaired) electrons. The molecule has 0 saturated carbocycles. The number of carbonyl (C=O) groups is 1. The van der Waals surface area contributed by atoms with E-state index in [4.69, 9.17) is 9.47 Å². The fourth-order valence-corrected chi connectivity index (χ4v) is 0.795. The summed E-state index contributed by atoms with van der Waals surface area (Å²) < 4.78 is 15.0. The zero-order valence-electron chi connectivity index (χ0n) is 9.25. The first kappa shape index (κ1) is 13.4. The molecule has 0 atom stereocenters. The third-order valence-corrected chi connectivity index (χ3v) is 1.35. The van der Waals surface area contributed by atoms with Crippen molar-refractivity contribution in [1.29, 1.82) is 0 Å². The molecule has 0 unspecified atom stereocenters. The quantitative estimate of drug-likeness (QED) is 0.441. The number of ether oxygens (including phenoxy) is 3. The van der Waals surface area contributed by atoms with Crippen molar-refractivity contribution in [3.63, 3.8) is 0 Å². The lowest BCUT2D eigenvalue weighted by Gasteiger charge is -2.07. The van der Waals surface area contributed by atoms with E-state index in [0.717, 1.165) is 6.61 Å². The van der Waals surface area contributed by atoms with Crippen LogP contribution in [0.1, 0.15) is 20.8 Å².